The van der Waals surface area contributed by atoms with Gasteiger partial charge in [0, 0.05) is 26.2 Å². The third kappa shape index (κ3) is 6.24. The van der Waals surface area contributed by atoms with Crippen molar-refractivity contribution in [3.8, 4) is 0 Å². The van der Waals surface area contributed by atoms with Gasteiger partial charge >= 0.3 is 5.97 Å². The molecular formula is C21H26F2N4O6. The average molecular weight is 468 g/mol. The van der Waals surface area contributed by atoms with Crippen molar-refractivity contribution in [3.63, 3.8) is 0 Å². The SMILES string of the molecule is C[C@H](NC(=O)c1cc(F)c(N(C)C)c(F)c1)C(=O)N1CCC[C@H]1C(=O)N[C@H](C=O)CC(=O)O. The highest BCUT2D eigenvalue weighted by Crippen LogP contribution is 2.23. The maximum atomic E-state index is 14.2. The molecule has 3 N–H and O–H groups in total. The summed E-state index contributed by atoms with van der Waals surface area (Å²) in [4.78, 5) is 62.1. The second-order valence-electron chi connectivity index (χ2n) is 7.92. The highest BCUT2D eigenvalue weighted by molar-refractivity contribution is 5.99. The van der Waals surface area contributed by atoms with Crippen molar-refractivity contribution in [1.29, 1.82) is 0 Å². The second kappa shape index (κ2) is 10.8. The summed E-state index contributed by atoms with van der Waals surface area (Å²) in [5, 5.41) is 13.5. The number of nitrogens with zero attached hydrogens (tertiary/aromatic N) is 2. The van der Waals surface area contributed by atoms with E-state index >= 15 is 0 Å². The Labute approximate surface area is 188 Å². The smallest absolute Gasteiger partial charge is 0.305 e. The molecule has 0 spiro atoms. The van der Waals surface area contributed by atoms with Gasteiger partial charge in [-0.15, -0.1) is 0 Å². The normalized spacial score (nSPS) is 17.1. The molecule has 1 saturated heterocycles. The standard InChI is InChI=1S/C21H26F2N4O6/c1-11(24-19(31)12-7-14(22)18(26(2)3)15(23)8-12)21(33)27-6-4-5-16(27)20(32)25-13(10-28)9-17(29)30/h7-8,10-11,13,16H,4-6,9H2,1-3H3,(H,24,31)(H,25,32)(H,29,30)/t11-,13-,16-/m0/s1. The van der Waals surface area contributed by atoms with Crippen molar-refractivity contribution in [3.05, 3.63) is 29.3 Å². The van der Waals surface area contributed by atoms with Gasteiger partial charge in [-0.1, -0.05) is 0 Å². The highest BCUT2D eigenvalue weighted by Gasteiger charge is 2.37. The van der Waals surface area contributed by atoms with E-state index in [2.05, 4.69) is 10.6 Å². The van der Waals surface area contributed by atoms with Crippen LogP contribution in [-0.4, -0.2) is 78.7 Å². The van der Waals surface area contributed by atoms with E-state index in [-0.39, 0.29) is 17.8 Å². The first-order valence-corrected chi connectivity index (χ1v) is 10.2. The number of anilines is 1. The average Bonchev–Trinajstić information content (AvgIpc) is 3.21. The van der Waals surface area contributed by atoms with Gasteiger partial charge in [0.2, 0.25) is 11.8 Å². The maximum Gasteiger partial charge on any atom is 0.305 e. The Bertz CT molecular complexity index is 932. The summed E-state index contributed by atoms with van der Waals surface area (Å²) in [5.41, 5.74) is -0.619. The van der Waals surface area contributed by atoms with Crippen molar-refractivity contribution < 1.29 is 37.9 Å². The quantitative estimate of drug-likeness (QED) is 0.444. The van der Waals surface area contributed by atoms with Gasteiger partial charge < -0.3 is 30.3 Å². The lowest BCUT2D eigenvalue weighted by molar-refractivity contribution is -0.141. The van der Waals surface area contributed by atoms with Gasteiger partial charge in [0.1, 0.15) is 35.7 Å². The van der Waals surface area contributed by atoms with Crippen LogP contribution in [0.2, 0.25) is 0 Å². The monoisotopic (exact) mass is 468 g/mol. The molecule has 2 rings (SSSR count). The molecule has 0 aliphatic carbocycles. The first-order valence-electron chi connectivity index (χ1n) is 10.2. The summed E-state index contributed by atoms with van der Waals surface area (Å²) in [6, 6.07) is -1.58. The number of benzene rings is 1. The van der Waals surface area contributed by atoms with Gasteiger partial charge in [-0.25, -0.2) is 8.78 Å². The van der Waals surface area contributed by atoms with E-state index in [4.69, 9.17) is 5.11 Å². The van der Waals surface area contributed by atoms with Crippen molar-refractivity contribution >= 4 is 35.7 Å². The van der Waals surface area contributed by atoms with Crippen LogP contribution in [0.5, 0.6) is 0 Å². The van der Waals surface area contributed by atoms with Crippen LogP contribution in [0.15, 0.2) is 12.1 Å². The number of hydrogen-bond acceptors (Lipinski definition) is 6. The minimum Gasteiger partial charge on any atom is -0.481 e. The fraction of sp³-hybridized carbons (Fsp3) is 0.476. The summed E-state index contributed by atoms with van der Waals surface area (Å²) < 4.78 is 28.3. The van der Waals surface area contributed by atoms with E-state index in [1.54, 1.807) is 0 Å². The number of carbonyl (C=O) groups excluding carboxylic acids is 4. The minimum atomic E-state index is -1.27. The molecule has 3 amide bonds. The van der Waals surface area contributed by atoms with Crippen LogP contribution in [-0.2, 0) is 19.2 Å². The molecule has 1 aliphatic rings. The zero-order valence-corrected chi connectivity index (χ0v) is 18.4. The summed E-state index contributed by atoms with van der Waals surface area (Å²) in [6.07, 6.45) is 0.481. The first kappa shape index (κ1) is 25.7. The summed E-state index contributed by atoms with van der Waals surface area (Å²) in [7, 11) is 2.90. The largest absolute Gasteiger partial charge is 0.481 e. The van der Waals surface area contributed by atoms with E-state index in [9.17, 15) is 32.8 Å². The number of likely N-dealkylation sites (tertiary alicyclic amines) is 1. The van der Waals surface area contributed by atoms with E-state index in [0.29, 0.717) is 19.1 Å². The lowest BCUT2D eigenvalue weighted by atomic mass is 10.1. The minimum absolute atomic E-state index is 0.211. The second-order valence-corrected chi connectivity index (χ2v) is 7.92. The molecule has 1 heterocycles. The molecular weight excluding hydrogens is 442 g/mol. The topological polar surface area (TPSA) is 136 Å². The number of hydrogen-bond donors (Lipinski definition) is 3. The Kier molecular flexibility index (Phi) is 8.44. The number of carboxylic acids is 1. The number of amides is 3. The van der Waals surface area contributed by atoms with E-state index in [1.165, 1.54) is 30.8 Å². The molecule has 180 valence electrons. The lowest BCUT2D eigenvalue weighted by Gasteiger charge is -2.28. The summed E-state index contributed by atoms with van der Waals surface area (Å²) in [5.74, 6) is -5.30. The van der Waals surface area contributed by atoms with Crippen LogP contribution < -0.4 is 15.5 Å². The molecule has 1 aromatic rings. The molecule has 1 aliphatic heterocycles. The molecule has 10 nitrogen and oxygen atoms in total. The Hall–Kier alpha value is -3.57. The van der Waals surface area contributed by atoms with Crippen LogP contribution in [0.1, 0.15) is 36.5 Å². The number of rotatable bonds is 9. The highest BCUT2D eigenvalue weighted by atomic mass is 19.1. The van der Waals surface area contributed by atoms with Gasteiger partial charge in [0.25, 0.3) is 5.91 Å². The van der Waals surface area contributed by atoms with E-state index < -0.39 is 59.9 Å². The third-order valence-electron chi connectivity index (χ3n) is 5.17. The summed E-state index contributed by atoms with van der Waals surface area (Å²) >= 11 is 0. The maximum absolute atomic E-state index is 14.2. The third-order valence-corrected chi connectivity index (χ3v) is 5.17. The number of halogens is 2. The van der Waals surface area contributed by atoms with Crippen LogP contribution in [0, 0.1) is 11.6 Å². The number of carbonyl (C=O) groups is 5. The fourth-order valence-electron chi connectivity index (χ4n) is 3.62. The van der Waals surface area contributed by atoms with E-state index in [1.807, 2.05) is 0 Å². The van der Waals surface area contributed by atoms with Crippen molar-refractivity contribution in [1.82, 2.24) is 15.5 Å². The van der Waals surface area contributed by atoms with Gasteiger partial charge in [0.05, 0.1) is 12.5 Å². The zero-order chi connectivity index (χ0) is 24.9. The van der Waals surface area contributed by atoms with Gasteiger partial charge in [0.15, 0.2) is 0 Å². The molecule has 0 saturated carbocycles. The molecule has 33 heavy (non-hydrogen) atoms. The molecule has 0 radical (unpaired) electrons. The number of aliphatic carboxylic acids is 1. The molecule has 0 aromatic heterocycles. The van der Waals surface area contributed by atoms with Crippen molar-refractivity contribution in [2.45, 2.75) is 44.3 Å². The van der Waals surface area contributed by atoms with Crippen LogP contribution >= 0.6 is 0 Å². The number of nitrogens with one attached hydrogen (secondary N) is 2. The molecule has 3 atom stereocenters. The van der Waals surface area contributed by atoms with Gasteiger partial charge in [-0.05, 0) is 31.9 Å². The predicted octanol–water partition coefficient (Wildman–Crippen LogP) is 0.299. The van der Waals surface area contributed by atoms with Crippen molar-refractivity contribution in [2.75, 3.05) is 25.5 Å². The Balaban J connectivity index is 2.07. The zero-order valence-electron chi connectivity index (χ0n) is 18.4. The van der Waals surface area contributed by atoms with Gasteiger partial charge in [-0.2, -0.15) is 0 Å². The molecule has 1 aromatic carbocycles. The fourth-order valence-corrected chi connectivity index (χ4v) is 3.62. The van der Waals surface area contributed by atoms with Crippen LogP contribution in [0.4, 0.5) is 14.5 Å². The Morgan fingerprint density at radius 1 is 1.21 bits per heavy atom. The summed E-state index contributed by atoms with van der Waals surface area (Å²) in [6.45, 7) is 1.58. The molecule has 1 fully saturated rings. The predicted molar refractivity (Wildman–Crippen MR) is 113 cm³/mol. The first-order chi connectivity index (χ1) is 15.5. The van der Waals surface area contributed by atoms with Crippen LogP contribution in [0.3, 0.4) is 0 Å². The number of carboxylic acid groups (broad SMARTS) is 1. The van der Waals surface area contributed by atoms with Gasteiger partial charge in [-0.3, -0.25) is 19.2 Å². The molecule has 0 unspecified atom stereocenters. The van der Waals surface area contributed by atoms with E-state index in [0.717, 1.165) is 12.1 Å². The Morgan fingerprint density at radius 3 is 2.33 bits per heavy atom. The Morgan fingerprint density at radius 2 is 1.82 bits per heavy atom. The lowest BCUT2D eigenvalue weighted by Crippen LogP contribution is -2.54. The van der Waals surface area contributed by atoms with Crippen LogP contribution in [0.25, 0.3) is 0 Å². The van der Waals surface area contributed by atoms with Crippen molar-refractivity contribution in [2.24, 2.45) is 0 Å². The molecule has 0 bridgehead atoms. The molecule has 12 heteroatoms. The number of aldehydes is 1.